The number of aryl methyl sites for hydroxylation is 4. The summed E-state index contributed by atoms with van der Waals surface area (Å²) in [5, 5.41) is 24.0. The lowest BCUT2D eigenvalue weighted by molar-refractivity contribution is -0.118. The van der Waals surface area contributed by atoms with Crippen LogP contribution < -0.4 is 5.32 Å². The molecular formula is C29H33NO5. The first-order valence-electron chi connectivity index (χ1n) is 11.8. The van der Waals surface area contributed by atoms with Crippen LogP contribution in [0, 0.1) is 27.7 Å². The van der Waals surface area contributed by atoms with Gasteiger partial charge in [-0.05, 0) is 79.1 Å². The van der Waals surface area contributed by atoms with Gasteiger partial charge in [-0.2, -0.15) is 0 Å². The summed E-state index contributed by atoms with van der Waals surface area (Å²) in [5.41, 5.74) is 5.94. The van der Waals surface area contributed by atoms with Crippen LogP contribution in [0.2, 0.25) is 0 Å². The summed E-state index contributed by atoms with van der Waals surface area (Å²) in [6.45, 7) is 9.02. The molecule has 0 atom stereocenters. The predicted molar refractivity (Wildman–Crippen MR) is 137 cm³/mol. The minimum absolute atomic E-state index is 0.157. The number of carbonyl (C=O) groups excluding carboxylic acids is 1. The zero-order valence-electron chi connectivity index (χ0n) is 21.0. The number of anilines is 1. The SMILES string of the molecule is COCCOCCc1ccc2c(c1)NC(=O)C2(c1cc(C)c(O)c(C)c1)c1cc(C)c(O)c(C)c1. The highest BCUT2D eigenvalue weighted by Gasteiger charge is 2.50. The second-order valence-electron chi connectivity index (χ2n) is 9.36. The van der Waals surface area contributed by atoms with E-state index in [4.69, 9.17) is 9.47 Å². The Hall–Kier alpha value is -3.35. The number of benzene rings is 3. The number of phenolic OH excluding ortho intramolecular Hbond substituents is 2. The standard InChI is InChI=1S/C29H33NO5/c1-17-12-22(13-18(2)26(17)31)29(23-14-19(3)27(32)20(4)15-23)24-7-6-21(8-9-35-11-10-34-5)16-25(24)30-28(29)33/h6-7,12-16,31-32H,8-11H2,1-5H3,(H,30,33). The van der Waals surface area contributed by atoms with Crippen LogP contribution in [0.1, 0.15) is 44.5 Å². The summed E-state index contributed by atoms with van der Waals surface area (Å²) in [7, 11) is 1.65. The normalized spacial score (nSPS) is 14.1. The number of amides is 1. The van der Waals surface area contributed by atoms with Gasteiger partial charge in [-0.15, -0.1) is 0 Å². The fourth-order valence-electron chi connectivity index (χ4n) is 5.03. The number of ether oxygens (including phenoxy) is 2. The number of carbonyl (C=O) groups is 1. The van der Waals surface area contributed by atoms with E-state index >= 15 is 0 Å². The number of hydrogen-bond donors (Lipinski definition) is 3. The van der Waals surface area contributed by atoms with Crippen molar-refractivity contribution in [3.63, 3.8) is 0 Å². The third-order valence-electron chi connectivity index (χ3n) is 6.89. The first-order chi connectivity index (χ1) is 16.7. The average molecular weight is 476 g/mol. The number of phenols is 2. The van der Waals surface area contributed by atoms with Gasteiger partial charge in [0, 0.05) is 18.4 Å². The Labute approximate surface area is 206 Å². The molecule has 1 heterocycles. The molecule has 1 aliphatic heterocycles. The van der Waals surface area contributed by atoms with Gasteiger partial charge in [0.15, 0.2) is 0 Å². The zero-order chi connectivity index (χ0) is 25.3. The number of fused-ring (bicyclic) bond motifs is 1. The monoisotopic (exact) mass is 475 g/mol. The van der Waals surface area contributed by atoms with E-state index in [1.807, 2.05) is 70.2 Å². The lowest BCUT2D eigenvalue weighted by Gasteiger charge is -2.31. The lowest BCUT2D eigenvalue weighted by atomic mass is 9.69. The van der Waals surface area contributed by atoms with Crippen LogP contribution in [0.25, 0.3) is 0 Å². The molecular weight excluding hydrogens is 442 g/mol. The highest BCUT2D eigenvalue weighted by atomic mass is 16.5. The van der Waals surface area contributed by atoms with E-state index in [-0.39, 0.29) is 17.4 Å². The van der Waals surface area contributed by atoms with Crippen LogP contribution >= 0.6 is 0 Å². The van der Waals surface area contributed by atoms with E-state index in [1.54, 1.807) is 7.11 Å². The second kappa shape index (κ2) is 9.72. The molecule has 3 N–H and O–H groups in total. The molecule has 0 spiro atoms. The van der Waals surface area contributed by atoms with E-state index in [9.17, 15) is 15.0 Å². The first kappa shape index (κ1) is 24.8. The number of nitrogens with one attached hydrogen (secondary N) is 1. The van der Waals surface area contributed by atoms with Gasteiger partial charge in [0.05, 0.1) is 19.8 Å². The Morgan fingerprint density at radius 3 is 1.86 bits per heavy atom. The van der Waals surface area contributed by atoms with Crippen molar-refractivity contribution in [2.24, 2.45) is 0 Å². The molecule has 3 aromatic rings. The molecule has 0 aliphatic carbocycles. The molecule has 6 heteroatoms. The van der Waals surface area contributed by atoms with E-state index in [0.29, 0.717) is 48.5 Å². The maximum atomic E-state index is 13.9. The van der Waals surface area contributed by atoms with Gasteiger partial charge in [-0.25, -0.2) is 0 Å². The zero-order valence-corrected chi connectivity index (χ0v) is 21.0. The topological polar surface area (TPSA) is 88.0 Å². The van der Waals surface area contributed by atoms with Crippen molar-refractivity contribution >= 4 is 11.6 Å². The molecule has 184 valence electrons. The van der Waals surface area contributed by atoms with Crippen LogP contribution in [-0.4, -0.2) is 43.1 Å². The Kier molecular flexibility index (Phi) is 6.88. The van der Waals surface area contributed by atoms with Crippen molar-refractivity contribution in [2.45, 2.75) is 39.5 Å². The van der Waals surface area contributed by atoms with E-state index in [2.05, 4.69) is 5.32 Å². The molecule has 0 bridgehead atoms. The van der Waals surface area contributed by atoms with Crippen LogP contribution in [0.15, 0.2) is 42.5 Å². The average Bonchev–Trinajstić information content (AvgIpc) is 3.11. The minimum Gasteiger partial charge on any atom is -0.507 e. The summed E-state index contributed by atoms with van der Waals surface area (Å²) in [5.74, 6) is 0.295. The van der Waals surface area contributed by atoms with Crippen LogP contribution in [0.5, 0.6) is 11.5 Å². The van der Waals surface area contributed by atoms with E-state index in [1.165, 1.54) is 0 Å². The maximum Gasteiger partial charge on any atom is 0.244 e. The van der Waals surface area contributed by atoms with Crippen LogP contribution in [-0.2, 0) is 26.1 Å². The molecule has 0 aromatic heterocycles. The predicted octanol–water partition coefficient (Wildman–Crippen LogP) is 4.82. The summed E-state index contributed by atoms with van der Waals surface area (Å²) in [6, 6.07) is 13.6. The number of hydrogen-bond acceptors (Lipinski definition) is 5. The van der Waals surface area contributed by atoms with Gasteiger partial charge in [0.1, 0.15) is 16.9 Å². The Balaban J connectivity index is 1.87. The minimum atomic E-state index is -1.12. The van der Waals surface area contributed by atoms with E-state index in [0.717, 1.165) is 27.9 Å². The summed E-state index contributed by atoms with van der Waals surface area (Å²) < 4.78 is 10.6. The fourth-order valence-corrected chi connectivity index (χ4v) is 5.03. The molecule has 0 fully saturated rings. The number of methoxy groups -OCH3 is 1. The number of rotatable bonds is 8. The summed E-state index contributed by atoms with van der Waals surface area (Å²) in [6.07, 6.45) is 0.717. The molecule has 0 unspecified atom stereocenters. The summed E-state index contributed by atoms with van der Waals surface area (Å²) in [4.78, 5) is 13.9. The van der Waals surface area contributed by atoms with Crippen molar-refractivity contribution in [3.8, 4) is 11.5 Å². The first-order valence-corrected chi connectivity index (χ1v) is 11.8. The Morgan fingerprint density at radius 2 is 1.34 bits per heavy atom. The molecule has 0 saturated heterocycles. The van der Waals surface area contributed by atoms with Gasteiger partial charge < -0.3 is 25.0 Å². The quantitative estimate of drug-likeness (QED) is 0.407. The molecule has 1 aliphatic rings. The van der Waals surface area contributed by atoms with Gasteiger partial charge >= 0.3 is 0 Å². The largest absolute Gasteiger partial charge is 0.507 e. The fraction of sp³-hybridized carbons (Fsp3) is 0.345. The molecule has 6 nitrogen and oxygen atoms in total. The van der Waals surface area contributed by atoms with Crippen molar-refractivity contribution < 1.29 is 24.5 Å². The highest BCUT2D eigenvalue weighted by molar-refractivity contribution is 6.11. The third-order valence-corrected chi connectivity index (χ3v) is 6.89. The lowest BCUT2D eigenvalue weighted by Crippen LogP contribution is -2.37. The maximum absolute atomic E-state index is 13.9. The highest BCUT2D eigenvalue weighted by Crippen LogP contribution is 2.50. The van der Waals surface area contributed by atoms with Crippen LogP contribution in [0.4, 0.5) is 5.69 Å². The van der Waals surface area contributed by atoms with Crippen LogP contribution in [0.3, 0.4) is 0 Å². The molecule has 0 saturated carbocycles. The summed E-state index contributed by atoms with van der Waals surface area (Å²) >= 11 is 0. The van der Waals surface area contributed by atoms with Crippen molar-refractivity contribution in [2.75, 3.05) is 32.2 Å². The number of aromatic hydroxyl groups is 2. The Morgan fingerprint density at radius 1 is 0.800 bits per heavy atom. The van der Waals surface area contributed by atoms with Gasteiger partial charge in [0.25, 0.3) is 0 Å². The van der Waals surface area contributed by atoms with Gasteiger partial charge in [-0.3, -0.25) is 4.79 Å². The molecule has 35 heavy (non-hydrogen) atoms. The molecule has 1 amide bonds. The smallest absolute Gasteiger partial charge is 0.244 e. The van der Waals surface area contributed by atoms with Crippen molar-refractivity contribution in [3.05, 3.63) is 87.0 Å². The van der Waals surface area contributed by atoms with Gasteiger partial charge in [0.2, 0.25) is 5.91 Å². The van der Waals surface area contributed by atoms with Gasteiger partial charge in [-0.1, -0.05) is 36.4 Å². The molecule has 3 aromatic carbocycles. The second-order valence-corrected chi connectivity index (χ2v) is 9.36. The van der Waals surface area contributed by atoms with E-state index < -0.39 is 5.41 Å². The van der Waals surface area contributed by atoms with Crippen molar-refractivity contribution in [1.82, 2.24) is 0 Å². The molecule has 4 rings (SSSR count). The molecule has 0 radical (unpaired) electrons. The Bertz CT molecular complexity index is 1180. The van der Waals surface area contributed by atoms with Crippen molar-refractivity contribution in [1.29, 1.82) is 0 Å². The third kappa shape index (κ3) is 4.28.